The number of rotatable bonds is 5. The maximum atomic E-state index is 9.16. The normalized spacial score (nSPS) is 15.4. The van der Waals surface area contributed by atoms with E-state index in [9.17, 15) is 0 Å². The first-order valence-electron chi connectivity index (χ1n) is 5.04. The predicted molar refractivity (Wildman–Crippen MR) is 56.0 cm³/mol. The minimum atomic E-state index is -0.254. The molecule has 2 unspecified atom stereocenters. The molecule has 2 N–H and O–H groups in total. The highest BCUT2D eigenvalue weighted by molar-refractivity contribution is 5.05. The molecule has 0 saturated heterocycles. The van der Waals surface area contributed by atoms with Gasteiger partial charge in [0.15, 0.2) is 0 Å². The summed E-state index contributed by atoms with van der Waals surface area (Å²) >= 11 is 0. The number of aryl methyl sites for hydroxylation is 1. The van der Waals surface area contributed by atoms with E-state index >= 15 is 0 Å². The third-order valence-electron chi connectivity index (χ3n) is 2.12. The molecule has 0 fully saturated rings. The van der Waals surface area contributed by atoms with Crippen LogP contribution in [0.2, 0.25) is 0 Å². The molecule has 80 valence electrons. The van der Waals surface area contributed by atoms with Gasteiger partial charge in [-0.2, -0.15) is 0 Å². The van der Waals surface area contributed by atoms with E-state index in [1.54, 1.807) is 6.92 Å². The Labute approximate surface area is 85.1 Å². The first-order valence-corrected chi connectivity index (χ1v) is 5.04. The summed E-state index contributed by atoms with van der Waals surface area (Å²) in [5.74, 6) is 1.88. The van der Waals surface area contributed by atoms with Crippen molar-refractivity contribution < 1.29 is 9.52 Å². The first kappa shape index (κ1) is 11.3. The largest absolute Gasteiger partial charge is 0.465 e. The molecular formula is C11H19NO2. The number of aliphatic hydroxyl groups excluding tert-OH is 1. The SMILES string of the molecule is Cc1ccc(CNC(C)CC(C)O)o1. The van der Waals surface area contributed by atoms with E-state index in [2.05, 4.69) is 12.2 Å². The second-order valence-corrected chi connectivity index (χ2v) is 3.88. The molecule has 1 heterocycles. The third-order valence-corrected chi connectivity index (χ3v) is 2.12. The van der Waals surface area contributed by atoms with Gasteiger partial charge in [0, 0.05) is 6.04 Å². The highest BCUT2D eigenvalue weighted by Gasteiger charge is 2.06. The minimum absolute atomic E-state index is 0.254. The molecule has 3 nitrogen and oxygen atoms in total. The molecule has 0 bridgehead atoms. The van der Waals surface area contributed by atoms with Crippen LogP contribution < -0.4 is 5.32 Å². The zero-order valence-corrected chi connectivity index (χ0v) is 9.08. The van der Waals surface area contributed by atoms with Gasteiger partial charge in [-0.1, -0.05) is 0 Å². The Morgan fingerprint density at radius 2 is 2.14 bits per heavy atom. The summed E-state index contributed by atoms with van der Waals surface area (Å²) in [4.78, 5) is 0. The number of aliphatic hydroxyl groups is 1. The van der Waals surface area contributed by atoms with E-state index < -0.39 is 0 Å². The molecule has 1 aromatic rings. The van der Waals surface area contributed by atoms with Gasteiger partial charge in [-0.3, -0.25) is 0 Å². The van der Waals surface area contributed by atoms with Crippen LogP contribution in [0.5, 0.6) is 0 Å². The van der Waals surface area contributed by atoms with Crippen LogP contribution in [0.25, 0.3) is 0 Å². The lowest BCUT2D eigenvalue weighted by Gasteiger charge is -2.14. The van der Waals surface area contributed by atoms with E-state index in [0.29, 0.717) is 6.04 Å². The molecule has 0 aliphatic rings. The van der Waals surface area contributed by atoms with Gasteiger partial charge in [0.05, 0.1) is 12.6 Å². The summed E-state index contributed by atoms with van der Waals surface area (Å²) in [5, 5.41) is 12.5. The highest BCUT2D eigenvalue weighted by Crippen LogP contribution is 2.06. The molecule has 0 spiro atoms. The van der Waals surface area contributed by atoms with Crippen LogP contribution >= 0.6 is 0 Å². The smallest absolute Gasteiger partial charge is 0.117 e. The Kier molecular flexibility index (Phi) is 4.17. The second-order valence-electron chi connectivity index (χ2n) is 3.88. The van der Waals surface area contributed by atoms with E-state index in [1.165, 1.54) is 0 Å². The van der Waals surface area contributed by atoms with Crippen LogP contribution in [-0.2, 0) is 6.54 Å². The molecule has 0 radical (unpaired) electrons. The molecule has 1 rings (SSSR count). The summed E-state index contributed by atoms with van der Waals surface area (Å²) in [7, 11) is 0. The lowest BCUT2D eigenvalue weighted by molar-refractivity contribution is 0.170. The van der Waals surface area contributed by atoms with Crippen LogP contribution in [0, 0.1) is 6.92 Å². The average molecular weight is 197 g/mol. The number of hydrogen-bond acceptors (Lipinski definition) is 3. The van der Waals surface area contributed by atoms with E-state index in [4.69, 9.17) is 9.52 Å². The van der Waals surface area contributed by atoms with E-state index in [-0.39, 0.29) is 6.10 Å². The fourth-order valence-corrected chi connectivity index (χ4v) is 1.45. The summed E-state index contributed by atoms with van der Waals surface area (Å²) in [6.07, 6.45) is 0.510. The standard InChI is InChI=1S/C11H19NO2/c1-8(6-9(2)13)12-7-11-5-4-10(3)14-11/h4-5,8-9,12-13H,6-7H2,1-3H3. The second kappa shape index (κ2) is 5.17. The van der Waals surface area contributed by atoms with Crippen molar-refractivity contribution in [3.05, 3.63) is 23.7 Å². The van der Waals surface area contributed by atoms with Crippen molar-refractivity contribution in [1.29, 1.82) is 0 Å². The molecule has 1 aromatic heterocycles. The van der Waals surface area contributed by atoms with Gasteiger partial charge in [-0.05, 0) is 39.3 Å². The van der Waals surface area contributed by atoms with Gasteiger partial charge in [-0.15, -0.1) is 0 Å². The van der Waals surface area contributed by atoms with Gasteiger partial charge < -0.3 is 14.8 Å². The van der Waals surface area contributed by atoms with Gasteiger partial charge in [0.2, 0.25) is 0 Å². The number of furan rings is 1. The summed E-state index contributed by atoms with van der Waals surface area (Å²) < 4.78 is 5.41. The van der Waals surface area contributed by atoms with Gasteiger partial charge in [0.25, 0.3) is 0 Å². The van der Waals surface area contributed by atoms with Gasteiger partial charge >= 0.3 is 0 Å². The zero-order chi connectivity index (χ0) is 10.6. The molecule has 0 aromatic carbocycles. The van der Waals surface area contributed by atoms with Crippen molar-refractivity contribution >= 4 is 0 Å². The molecule has 0 amide bonds. The Bertz CT molecular complexity index is 268. The van der Waals surface area contributed by atoms with Crippen LogP contribution in [0.3, 0.4) is 0 Å². The molecule has 0 aliphatic carbocycles. The first-order chi connectivity index (χ1) is 6.58. The Morgan fingerprint density at radius 3 is 2.64 bits per heavy atom. The van der Waals surface area contributed by atoms with Crippen molar-refractivity contribution in [2.24, 2.45) is 0 Å². The Morgan fingerprint density at radius 1 is 1.43 bits per heavy atom. The highest BCUT2D eigenvalue weighted by atomic mass is 16.3. The molecule has 0 saturated carbocycles. The van der Waals surface area contributed by atoms with E-state index in [0.717, 1.165) is 24.5 Å². The third kappa shape index (κ3) is 3.94. The van der Waals surface area contributed by atoms with Crippen LogP contribution in [0.4, 0.5) is 0 Å². The van der Waals surface area contributed by atoms with Crippen LogP contribution in [-0.4, -0.2) is 17.3 Å². The number of nitrogens with one attached hydrogen (secondary N) is 1. The van der Waals surface area contributed by atoms with Crippen molar-refractivity contribution in [1.82, 2.24) is 5.32 Å². The van der Waals surface area contributed by atoms with Crippen LogP contribution in [0.1, 0.15) is 31.8 Å². The molecule has 2 atom stereocenters. The van der Waals surface area contributed by atoms with Crippen molar-refractivity contribution in [2.45, 2.75) is 45.9 Å². The van der Waals surface area contributed by atoms with Gasteiger partial charge in [0.1, 0.15) is 11.5 Å². The maximum Gasteiger partial charge on any atom is 0.117 e. The monoisotopic (exact) mass is 197 g/mol. The molecular weight excluding hydrogens is 178 g/mol. The quantitative estimate of drug-likeness (QED) is 0.757. The van der Waals surface area contributed by atoms with Crippen molar-refractivity contribution in [2.75, 3.05) is 0 Å². The molecule has 14 heavy (non-hydrogen) atoms. The fraction of sp³-hybridized carbons (Fsp3) is 0.636. The predicted octanol–water partition coefficient (Wildman–Crippen LogP) is 1.84. The van der Waals surface area contributed by atoms with Crippen LogP contribution in [0.15, 0.2) is 16.5 Å². The topological polar surface area (TPSA) is 45.4 Å². The lowest BCUT2D eigenvalue weighted by Crippen LogP contribution is -2.28. The Hall–Kier alpha value is -0.800. The summed E-state index contributed by atoms with van der Waals surface area (Å²) in [6.45, 7) is 6.52. The summed E-state index contributed by atoms with van der Waals surface area (Å²) in [6, 6.07) is 4.23. The summed E-state index contributed by atoms with van der Waals surface area (Å²) in [5.41, 5.74) is 0. The average Bonchev–Trinajstić information content (AvgIpc) is 2.47. The van der Waals surface area contributed by atoms with E-state index in [1.807, 2.05) is 19.1 Å². The molecule has 3 heteroatoms. The fourth-order valence-electron chi connectivity index (χ4n) is 1.45. The van der Waals surface area contributed by atoms with Gasteiger partial charge in [-0.25, -0.2) is 0 Å². The molecule has 0 aliphatic heterocycles. The number of hydrogen-bond donors (Lipinski definition) is 2. The Balaban J connectivity index is 2.26. The zero-order valence-electron chi connectivity index (χ0n) is 9.08. The van der Waals surface area contributed by atoms with Crippen molar-refractivity contribution in [3.8, 4) is 0 Å². The maximum absolute atomic E-state index is 9.16. The van der Waals surface area contributed by atoms with Crippen molar-refractivity contribution in [3.63, 3.8) is 0 Å². The minimum Gasteiger partial charge on any atom is -0.465 e. The lowest BCUT2D eigenvalue weighted by atomic mass is 10.1.